The predicted molar refractivity (Wildman–Crippen MR) is 82.6 cm³/mol. The lowest BCUT2D eigenvalue weighted by Gasteiger charge is -2.38. The van der Waals surface area contributed by atoms with E-state index in [0.717, 1.165) is 5.69 Å². The van der Waals surface area contributed by atoms with E-state index in [1.165, 1.54) is 6.20 Å². The number of anilines is 1. The molecular formula is C14H24N2O3Si. The normalized spacial score (nSPS) is 13.9. The van der Waals surface area contributed by atoms with Crippen LogP contribution in [0.2, 0.25) is 18.1 Å². The van der Waals surface area contributed by atoms with Gasteiger partial charge in [0.1, 0.15) is 0 Å². The summed E-state index contributed by atoms with van der Waals surface area (Å²) in [6.07, 6.45) is 0.314. The fraction of sp³-hybridized carbons (Fsp3) is 0.571. The predicted octanol–water partition coefficient (Wildman–Crippen LogP) is 4.25. The van der Waals surface area contributed by atoms with Gasteiger partial charge >= 0.3 is 6.09 Å². The summed E-state index contributed by atoms with van der Waals surface area (Å²) in [6.45, 7) is 13.0. The molecule has 0 saturated heterocycles. The van der Waals surface area contributed by atoms with Crippen LogP contribution in [0.1, 0.15) is 39.5 Å². The van der Waals surface area contributed by atoms with Crippen LogP contribution in [0.3, 0.4) is 0 Å². The van der Waals surface area contributed by atoms with Crippen molar-refractivity contribution in [3.8, 4) is 0 Å². The van der Waals surface area contributed by atoms with Gasteiger partial charge in [0, 0.05) is 0 Å². The molecule has 0 saturated carbocycles. The van der Waals surface area contributed by atoms with Crippen LogP contribution in [0.15, 0.2) is 18.3 Å². The van der Waals surface area contributed by atoms with Crippen LogP contribution in [0.4, 0.5) is 10.5 Å². The number of hydrogen-bond donors (Lipinski definition) is 2. The molecule has 0 aliphatic carbocycles. The van der Waals surface area contributed by atoms with Gasteiger partial charge in [0.25, 0.3) is 0 Å². The molecule has 6 heteroatoms. The molecule has 1 unspecified atom stereocenters. The molecule has 2 N–H and O–H groups in total. The maximum Gasteiger partial charge on any atom is 0.409 e. The van der Waals surface area contributed by atoms with Crippen molar-refractivity contribution in [3.05, 3.63) is 24.0 Å². The Morgan fingerprint density at radius 3 is 2.40 bits per heavy atom. The summed E-state index contributed by atoms with van der Waals surface area (Å²) in [5.41, 5.74) is 1.27. The zero-order chi connectivity index (χ0) is 15.6. The third kappa shape index (κ3) is 4.31. The fourth-order valence-electron chi connectivity index (χ4n) is 1.52. The Kier molecular flexibility index (Phi) is 4.93. The summed E-state index contributed by atoms with van der Waals surface area (Å²) in [4.78, 5) is 14.8. The second-order valence-corrected chi connectivity index (χ2v) is 11.2. The van der Waals surface area contributed by atoms with Crippen molar-refractivity contribution in [2.45, 2.75) is 51.9 Å². The highest BCUT2D eigenvalue weighted by atomic mass is 28.4. The van der Waals surface area contributed by atoms with Gasteiger partial charge in [-0.25, -0.2) is 4.79 Å². The highest BCUT2D eigenvalue weighted by molar-refractivity contribution is 6.74. The van der Waals surface area contributed by atoms with Crippen LogP contribution in [-0.4, -0.2) is 24.5 Å². The summed E-state index contributed by atoms with van der Waals surface area (Å²) in [5, 5.41) is 11.0. The molecule has 20 heavy (non-hydrogen) atoms. The maximum absolute atomic E-state index is 10.5. The monoisotopic (exact) mass is 296 g/mol. The first-order chi connectivity index (χ1) is 9.03. The number of hydrogen-bond acceptors (Lipinski definition) is 3. The van der Waals surface area contributed by atoms with Gasteiger partial charge in [0.15, 0.2) is 8.32 Å². The summed E-state index contributed by atoms with van der Waals surface area (Å²) in [6, 6.07) is 3.49. The van der Waals surface area contributed by atoms with Gasteiger partial charge in [-0.05, 0) is 37.2 Å². The molecule has 5 nitrogen and oxygen atoms in total. The van der Waals surface area contributed by atoms with E-state index in [-0.39, 0.29) is 11.1 Å². The number of nitrogens with zero attached hydrogens (tertiary/aromatic N) is 1. The largest absolute Gasteiger partial charge is 0.465 e. The number of pyridine rings is 1. The second-order valence-electron chi connectivity index (χ2n) is 6.42. The first-order valence-electron chi connectivity index (χ1n) is 6.66. The van der Waals surface area contributed by atoms with Crippen molar-refractivity contribution in [1.29, 1.82) is 0 Å². The Labute approximate surface area is 121 Å². The summed E-state index contributed by atoms with van der Waals surface area (Å²) in [5.74, 6) is 0. The molecular weight excluding hydrogens is 272 g/mol. The maximum atomic E-state index is 10.5. The highest BCUT2D eigenvalue weighted by Gasteiger charge is 2.38. The molecule has 112 valence electrons. The van der Waals surface area contributed by atoms with Gasteiger partial charge in [0.2, 0.25) is 0 Å². The zero-order valence-electron chi connectivity index (χ0n) is 13.0. The number of aromatic nitrogens is 1. The SMILES string of the molecule is CC(O[Si](C)(C)C(C)(C)C)c1ccc(NC(=O)O)cn1. The van der Waals surface area contributed by atoms with E-state index in [0.29, 0.717) is 5.69 Å². The number of nitrogens with one attached hydrogen (secondary N) is 1. The molecule has 1 heterocycles. The van der Waals surface area contributed by atoms with Crippen LogP contribution in [0.25, 0.3) is 0 Å². The average molecular weight is 296 g/mol. The Bertz CT molecular complexity index is 466. The summed E-state index contributed by atoms with van der Waals surface area (Å²) in [7, 11) is -1.84. The van der Waals surface area contributed by atoms with E-state index in [9.17, 15) is 4.79 Å². The number of amides is 1. The highest BCUT2D eigenvalue weighted by Crippen LogP contribution is 2.39. The topological polar surface area (TPSA) is 71.5 Å². The molecule has 0 bridgehead atoms. The van der Waals surface area contributed by atoms with Crippen LogP contribution >= 0.6 is 0 Å². The molecule has 0 aliphatic heterocycles. The lowest BCUT2D eigenvalue weighted by Crippen LogP contribution is -2.41. The van der Waals surface area contributed by atoms with Crippen molar-refractivity contribution in [3.63, 3.8) is 0 Å². The Hall–Kier alpha value is -1.40. The summed E-state index contributed by atoms with van der Waals surface area (Å²) < 4.78 is 6.25. The molecule has 1 amide bonds. The van der Waals surface area contributed by atoms with E-state index in [1.807, 2.05) is 6.92 Å². The quantitative estimate of drug-likeness (QED) is 0.815. The van der Waals surface area contributed by atoms with Gasteiger partial charge in [-0.2, -0.15) is 0 Å². The van der Waals surface area contributed by atoms with Gasteiger partial charge in [-0.15, -0.1) is 0 Å². The van der Waals surface area contributed by atoms with Crippen molar-refractivity contribution < 1.29 is 14.3 Å². The lowest BCUT2D eigenvalue weighted by atomic mass is 10.2. The molecule has 0 fully saturated rings. The molecule has 1 aromatic heterocycles. The third-order valence-corrected chi connectivity index (χ3v) is 8.29. The van der Waals surface area contributed by atoms with Crippen molar-refractivity contribution >= 4 is 20.1 Å². The van der Waals surface area contributed by atoms with Crippen LogP contribution in [-0.2, 0) is 4.43 Å². The number of carboxylic acid groups (broad SMARTS) is 1. The summed E-state index contributed by atoms with van der Waals surface area (Å²) >= 11 is 0. The zero-order valence-corrected chi connectivity index (χ0v) is 14.0. The first-order valence-corrected chi connectivity index (χ1v) is 9.57. The fourth-order valence-corrected chi connectivity index (χ4v) is 2.88. The van der Waals surface area contributed by atoms with Crippen LogP contribution in [0.5, 0.6) is 0 Å². The Morgan fingerprint density at radius 1 is 1.40 bits per heavy atom. The van der Waals surface area contributed by atoms with Crippen LogP contribution < -0.4 is 5.32 Å². The minimum Gasteiger partial charge on any atom is -0.465 e. The van der Waals surface area contributed by atoms with Gasteiger partial charge in [-0.3, -0.25) is 10.3 Å². The number of rotatable bonds is 4. The minimum atomic E-state index is -1.84. The van der Waals surface area contributed by atoms with Gasteiger partial charge < -0.3 is 9.53 Å². The van der Waals surface area contributed by atoms with Crippen molar-refractivity contribution in [1.82, 2.24) is 4.98 Å². The van der Waals surface area contributed by atoms with Crippen molar-refractivity contribution in [2.24, 2.45) is 0 Å². The molecule has 1 aromatic rings. The minimum absolute atomic E-state index is 0.102. The van der Waals surface area contributed by atoms with Gasteiger partial charge in [-0.1, -0.05) is 20.8 Å². The van der Waals surface area contributed by atoms with E-state index >= 15 is 0 Å². The molecule has 1 atom stereocenters. The smallest absolute Gasteiger partial charge is 0.409 e. The second kappa shape index (κ2) is 5.93. The van der Waals surface area contributed by atoms with E-state index in [4.69, 9.17) is 9.53 Å². The molecule has 0 radical (unpaired) electrons. The van der Waals surface area contributed by atoms with E-state index in [1.54, 1.807) is 12.1 Å². The standard InChI is InChI=1S/C14H24N2O3Si/c1-10(19-20(5,6)14(2,3)4)12-8-7-11(9-15-12)16-13(17)18/h7-10,16H,1-6H3,(H,17,18). The first kappa shape index (κ1) is 16.7. The molecule has 1 rings (SSSR count). The Balaban J connectivity index is 2.78. The van der Waals surface area contributed by atoms with E-state index < -0.39 is 14.4 Å². The molecule has 0 aliphatic rings. The van der Waals surface area contributed by atoms with Crippen molar-refractivity contribution in [2.75, 3.05) is 5.32 Å². The van der Waals surface area contributed by atoms with E-state index in [2.05, 4.69) is 44.2 Å². The van der Waals surface area contributed by atoms with Crippen LogP contribution in [0, 0.1) is 0 Å². The lowest BCUT2D eigenvalue weighted by molar-refractivity contribution is 0.198. The molecule has 0 aromatic carbocycles. The average Bonchev–Trinajstić information content (AvgIpc) is 2.26. The van der Waals surface area contributed by atoms with Gasteiger partial charge in [0.05, 0.1) is 23.7 Å². The molecule has 0 spiro atoms. The Morgan fingerprint density at radius 2 is 2.00 bits per heavy atom. The number of carbonyl (C=O) groups is 1. The third-order valence-electron chi connectivity index (χ3n) is 3.73.